The summed E-state index contributed by atoms with van der Waals surface area (Å²) in [6, 6.07) is 4.23. The van der Waals surface area contributed by atoms with Crippen LogP contribution in [0, 0.1) is 0 Å². The molecule has 2 aromatic heterocycles. The van der Waals surface area contributed by atoms with Crippen LogP contribution < -0.4 is 10.2 Å². The lowest BCUT2D eigenvalue weighted by Crippen LogP contribution is -2.41. The van der Waals surface area contributed by atoms with E-state index in [0.29, 0.717) is 0 Å². The standard InChI is InChI=1S/C16H23N5O/c1-13-11-21(5-6-22-13)16-4-3-14(9-18-16)7-17-8-15-10-19-20(2)12-15/h3-4,9-10,12-13,17H,5-8,11H2,1-2H3. The number of hydrogen-bond donors (Lipinski definition) is 1. The molecule has 1 saturated heterocycles. The molecule has 3 heterocycles. The maximum absolute atomic E-state index is 5.56. The van der Waals surface area contributed by atoms with E-state index in [1.54, 1.807) is 0 Å². The summed E-state index contributed by atoms with van der Waals surface area (Å²) in [7, 11) is 1.93. The zero-order valence-electron chi connectivity index (χ0n) is 13.2. The summed E-state index contributed by atoms with van der Waals surface area (Å²) in [6.45, 7) is 6.32. The average Bonchev–Trinajstić information content (AvgIpc) is 2.93. The summed E-state index contributed by atoms with van der Waals surface area (Å²) < 4.78 is 7.38. The van der Waals surface area contributed by atoms with E-state index in [0.717, 1.165) is 38.6 Å². The molecule has 0 amide bonds. The van der Waals surface area contributed by atoms with Gasteiger partial charge in [-0.2, -0.15) is 5.10 Å². The summed E-state index contributed by atoms with van der Waals surface area (Å²) in [5.41, 5.74) is 2.38. The molecule has 2 aromatic rings. The number of anilines is 1. The van der Waals surface area contributed by atoms with Gasteiger partial charge in [-0.25, -0.2) is 4.98 Å². The third-order valence-corrected chi connectivity index (χ3v) is 3.79. The molecule has 0 bridgehead atoms. The van der Waals surface area contributed by atoms with Gasteiger partial charge in [0.1, 0.15) is 5.82 Å². The smallest absolute Gasteiger partial charge is 0.128 e. The van der Waals surface area contributed by atoms with Crippen LogP contribution in [0.15, 0.2) is 30.7 Å². The van der Waals surface area contributed by atoms with Crippen molar-refractivity contribution in [2.75, 3.05) is 24.6 Å². The number of ether oxygens (including phenoxy) is 1. The van der Waals surface area contributed by atoms with Gasteiger partial charge in [0.05, 0.1) is 18.9 Å². The Bertz CT molecular complexity index is 595. The molecular formula is C16H23N5O. The van der Waals surface area contributed by atoms with Crippen LogP contribution in [-0.4, -0.2) is 40.6 Å². The number of rotatable bonds is 5. The van der Waals surface area contributed by atoms with Crippen LogP contribution in [0.3, 0.4) is 0 Å². The summed E-state index contributed by atoms with van der Waals surface area (Å²) in [6.07, 6.45) is 6.13. The minimum absolute atomic E-state index is 0.274. The topological polar surface area (TPSA) is 55.2 Å². The molecular weight excluding hydrogens is 278 g/mol. The molecule has 22 heavy (non-hydrogen) atoms. The molecule has 1 aliphatic heterocycles. The lowest BCUT2D eigenvalue weighted by Gasteiger charge is -2.32. The molecule has 0 spiro atoms. The largest absolute Gasteiger partial charge is 0.375 e. The maximum Gasteiger partial charge on any atom is 0.128 e. The Hall–Kier alpha value is -1.92. The van der Waals surface area contributed by atoms with Gasteiger partial charge in [-0.1, -0.05) is 6.07 Å². The Morgan fingerprint density at radius 1 is 1.27 bits per heavy atom. The highest BCUT2D eigenvalue weighted by Gasteiger charge is 2.17. The second-order valence-electron chi connectivity index (χ2n) is 5.78. The van der Waals surface area contributed by atoms with Crippen LogP contribution in [0.25, 0.3) is 0 Å². The summed E-state index contributed by atoms with van der Waals surface area (Å²) >= 11 is 0. The molecule has 6 nitrogen and oxygen atoms in total. The van der Waals surface area contributed by atoms with Crippen LogP contribution in [0.5, 0.6) is 0 Å². The first-order valence-electron chi connectivity index (χ1n) is 7.70. The van der Waals surface area contributed by atoms with E-state index in [1.807, 2.05) is 30.3 Å². The van der Waals surface area contributed by atoms with Gasteiger partial charge in [-0.3, -0.25) is 4.68 Å². The minimum atomic E-state index is 0.274. The Morgan fingerprint density at radius 3 is 2.82 bits per heavy atom. The SMILES string of the molecule is CC1CN(c2ccc(CNCc3cnn(C)c3)cn2)CCO1. The van der Waals surface area contributed by atoms with Crippen molar-refractivity contribution < 1.29 is 4.74 Å². The second-order valence-corrected chi connectivity index (χ2v) is 5.78. The van der Waals surface area contributed by atoms with Gasteiger partial charge >= 0.3 is 0 Å². The third-order valence-electron chi connectivity index (χ3n) is 3.79. The summed E-state index contributed by atoms with van der Waals surface area (Å²) in [5, 5.41) is 7.57. The number of morpholine rings is 1. The molecule has 6 heteroatoms. The molecule has 1 unspecified atom stereocenters. The van der Waals surface area contributed by atoms with Crippen LogP contribution in [0.4, 0.5) is 5.82 Å². The van der Waals surface area contributed by atoms with E-state index in [2.05, 4.69) is 39.4 Å². The van der Waals surface area contributed by atoms with Crippen LogP contribution in [0.2, 0.25) is 0 Å². The Balaban J connectivity index is 1.50. The van der Waals surface area contributed by atoms with Crippen molar-refractivity contribution in [2.45, 2.75) is 26.1 Å². The first-order valence-corrected chi connectivity index (χ1v) is 7.70. The maximum atomic E-state index is 5.56. The highest BCUT2D eigenvalue weighted by molar-refractivity contribution is 5.39. The van der Waals surface area contributed by atoms with Gasteiger partial charge in [0.25, 0.3) is 0 Å². The van der Waals surface area contributed by atoms with Crippen molar-refractivity contribution in [3.05, 3.63) is 41.9 Å². The summed E-state index contributed by atoms with van der Waals surface area (Å²) in [4.78, 5) is 6.86. The first kappa shape index (κ1) is 15.0. The lowest BCUT2D eigenvalue weighted by atomic mass is 10.2. The zero-order chi connectivity index (χ0) is 15.4. The van der Waals surface area contributed by atoms with Crippen LogP contribution in [0.1, 0.15) is 18.1 Å². The van der Waals surface area contributed by atoms with Crippen LogP contribution in [-0.2, 0) is 24.9 Å². The normalized spacial score (nSPS) is 18.6. The number of aromatic nitrogens is 3. The molecule has 0 aromatic carbocycles. The Morgan fingerprint density at radius 2 is 2.14 bits per heavy atom. The number of nitrogens with one attached hydrogen (secondary N) is 1. The predicted octanol–water partition coefficient (Wildman–Crippen LogP) is 1.33. The van der Waals surface area contributed by atoms with E-state index < -0.39 is 0 Å². The van der Waals surface area contributed by atoms with Gasteiger partial charge in [-0.15, -0.1) is 0 Å². The number of nitrogens with zero attached hydrogens (tertiary/aromatic N) is 4. The highest BCUT2D eigenvalue weighted by Crippen LogP contribution is 2.15. The van der Waals surface area contributed by atoms with Crippen molar-refractivity contribution in [3.8, 4) is 0 Å². The minimum Gasteiger partial charge on any atom is -0.375 e. The third kappa shape index (κ3) is 3.84. The molecule has 1 N–H and O–H groups in total. The quantitative estimate of drug-likeness (QED) is 0.903. The molecule has 1 atom stereocenters. The fourth-order valence-electron chi connectivity index (χ4n) is 2.65. The predicted molar refractivity (Wildman–Crippen MR) is 85.6 cm³/mol. The Labute approximate surface area is 131 Å². The number of hydrogen-bond acceptors (Lipinski definition) is 5. The second kappa shape index (κ2) is 6.89. The van der Waals surface area contributed by atoms with E-state index in [9.17, 15) is 0 Å². The van der Waals surface area contributed by atoms with Gasteiger partial charge in [0, 0.05) is 51.2 Å². The molecule has 0 aliphatic carbocycles. The molecule has 0 radical (unpaired) electrons. The van der Waals surface area contributed by atoms with Crippen molar-refractivity contribution in [1.29, 1.82) is 0 Å². The van der Waals surface area contributed by atoms with Crippen molar-refractivity contribution in [2.24, 2.45) is 7.05 Å². The van der Waals surface area contributed by atoms with E-state index in [-0.39, 0.29) is 6.10 Å². The van der Waals surface area contributed by atoms with Gasteiger partial charge in [0.2, 0.25) is 0 Å². The summed E-state index contributed by atoms with van der Waals surface area (Å²) in [5.74, 6) is 1.03. The Kier molecular flexibility index (Phi) is 4.70. The van der Waals surface area contributed by atoms with Crippen molar-refractivity contribution >= 4 is 5.82 Å². The van der Waals surface area contributed by atoms with E-state index in [1.165, 1.54) is 11.1 Å². The number of aryl methyl sites for hydroxylation is 1. The average molecular weight is 301 g/mol. The fourth-order valence-corrected chi connectivity index (χ4v) is 2.65. The van der Waals surface area contributed by atoms with Crippen molar-refractivity contribution in [1.82, 2.24) is 20.1 Å². The fraction of sp³-hybridized carbons (Fsp3) is 0.500. The number of pyridine rings is 1. The van der Waals surface area contributed by atoms with E-state index >= 15 is 0 Å². The molecule has 1 fully saturated rings. The van der Waals surface area contributed by atoms with Gasteiger partial charge in [0.15, 0.2) is 0 Å². The van der Waals surface area contributed by atoms with Gasteiger partial charge in [-0.05, 0) is 18.6 Å². The monoisotopic (exact) mass is 301 g/mol. The molecule has 0 saturated carbocycles. The van der Waals surface area contributed by atoms with Gasteiger partial charge < -0.3 is 15.0 Å². The van der Waals surface area contributed by atoms with E-state index in [4.69, 9.17) is 4.74 Å². The molecule has 118 valence electrons. The first-order chi connectivity index (χ1) is 10.7. The zero-order valence-corrected chi connectivity index (χ0v) is 13.2. The van der Waals surface area contributed by atoms with Crippen LogP contribution >= 0.6 is 0 Å². The highest BCUT2D eigenvalue weighted by atomic mass is 16.5. The van der Waals surface area contributed by atoms with Crippen molar-refractivity contribution in [3.63, 3.8) is 0 Å². The molecule has 1 aliphatic rings. The lowest BCUT2D eigenvalue weighted by molar-refractivity contribution is 0.0529. The molecule has 3 rings (SSSR count).